The van der Waals surface area contributed by atoms with Gasteiger partial charge in [0.05, 0.1) is 6.54 Å². The minimum atomic E-state index is -2.75. The Labute approximate surface area is 146 Å². The molecule has 0 atom stereocenters. The summed E-state index contributed by atoms with van der Waals surface area (Å²) in [6.45, 7) is 0.0491. The van der Waals surface area contributed by atoms with E-state index in [4.69, 9.17) is 13.9 Å². The fourth-order valence-electron chi connectivity index (χ4n) is 2.82. The molecule has 0 radical (unpaired) electrons. The second kappa shape index (κ2) is 6.32. The first kappa shape index (κ1) is 16.4. The van der Waals surface area contributed by atoms with E-state index in [2.05, 4.69) is 10.3 Å². The van der Waals surface area contributed by atoms with E-state index >= 15 is 0 Å². The molecule has 0 saturated carbocycles. The van der Waals surface area contributed by atoms with Crippen LogP contribution < -0.4 is 10.2 Å². The lowest BCUT2D eigenvalue weighted by Crippen LogP contribution is -2.42. The van der Waals surface area contributed by atoms with Crippen LogP contribution in [-0.2, 0) is 14.3 Å². The fourth-order valence-corrected chi connectivity index (χ4v) is 2.82. The number of benzene rings is 1. The number of hydrogen-bond donors (Lipinski definition) is 1. The van der Waals surface area contributed by atoms with Crippen molar-refractivity contribution in [2.75, 3.05) is 23.3 Å². The van der Waals surface area contributed by atoms with Crippen molar-refractivity contribution in [3.8, 4) is 0 Å². The number of fused-ring (bicyclic) bond motifs is 1. The van der Waals surface area contributed by atoms with E-state index in [0.29, 0.717) is 29.8 Å². The number of alkyl halides is 2. The minimum Gasteiger partial charge on any atom is -0.465 e. The summed E-state index contributed by atoms with van der Waals surface area (Å²) in [5, 5.41) is 2.64. The summed E-state index contributed by atoms with van der Waals surface area (Å²) < 4.78 is 42.7. The van der Waals surface area contributed by atoms with Crippen LogP contribution in [0.2, 0.25) is 0 Å². The molecule has 2 aliphatic heterocycles. The monoisotopic (exact) mass is 363 g/mol. The molecule has 1 aromatic carbocycles. The number of carbonyl (C=O) groups excluding carboxylic acids is 1. The van der Waals surface area contributed by atoms with Crippen molar-refractivity contribution in [2.24, 2.45) is 0 Å². The molecule has 2 aromatic rings. The third-order valence-corrected chi connectivity index (χ3v) is 4.03. The molecule has 1 N–H and O–H groups in total. The number of hydrogen-bond acceptors (Lipinski definition) is 6. The number of piperidine rings is 1. The minimum absolute atomic E-state index is 0.00369. The third-order valence-electron chi connectivity index (χ3n) is 4.03. The number of aromatic nitrogens is 1. The summed E-state index contributed by atoms with van der Waals surface area (Å²) in [4.78, 5) is 17.8. The van der Waals surface area contributed by atoms with Gasteiger partial charge in [0.1, 0.15) is 24.3 Å². The number of anilines is 2. The highest BCUT2D eigenvalue weighted by atomic mass is 19.3. The third kappa shape index (κ3) is 3.32. The number of nitrogens with zero attached hydrogens (tertiary/aromatic N) is 2. The Bertz CT molecular complexity index is 907. The largest absolute Gasteiger partial charge is 0.465 e. The van der Waals surface area contributed by atoms with E-state index < -0.39 is 18.4 Å². The van der Waals surface area contributed by atoms with E-state index in [1.165, 1.54) is 23.7 Å². The van der Waals surface area contributed by atoms with Crippen LogP contribution in [0.4, 0.5) is 20.5 Å². The predicted octanol–water partition coefficient (Wildman–Crippen LogP) is 3.36. The normalized spacial score (nSPS) is 18.8. The molecule has 9 heteroatoms. The van der Waals surface area contributed by atoms with E-state index in [1.807, 2.05) is 0 Å². The Morgan fingerprint density at radius 1 is 1.31 bits per heavy atom. The highest BCUT2D eigenvalue weighted by Gasteiger charge is 2.36. The van der Waals surface area contributed by atoms with E-state index in [-0.39, 0.29) is 18.2 Å². The summed E-state index contributed by atoms with van der Waals surface area (Å²) in [7, 11) is 0. The predicted molar refractivity (Wildman–Crippen MR) is 88.4 cm³/mol. The van der Waals surface area contributed by atoms with Crippen molar-refractivity contribution < 1.29 is 27.5 Å². The Morgan fingerprint density at radius 3 is 2.96 bits per heavy atom. The molecule has 1 fully saturated rings. The van der Waals surface area contributed by atoms with Crippen molar-refractivity contribution >= 4 is 28.7 Å². The van der Waals surface area contributed by atoms with Gasteiger partial charge in [0, 0.05) is 18.7 Å². The second-order valence-electron chi connectivity index (χ2n) is 6.02. The molecule has 1 aromatic heterocycles. The van der Waals surface area contributed by atoms with E-state index in [0.717, 1.165) is 0 Å². The second-order valence-corrected chi connectivity index (χ2v) is 6.02. The van der Waals surface area contributed by atoms with Crippen molar-refractivity contribution in [2.45, 2.75) is 18.8 Å². The van der Waals surface area contributed by atoms with Crippen molar-refractivity contribution in [1.82, 2.24) is 4.98 Å². The first-order valence-corrected chi connectivity index (χ1v) is 8.02. The fraction of sp³-hybridized carbons (Fsp3) is 0.294. The molecule has 2 aliphatic rings. The lowest BCUT2D eigenvalue weighted by molar-refractivity contribution is -0.115. The van der Waals surface area contributed by atoms with Crippen LogP contribution in [0.1, 0.15) is 12.8 Å². The van der Waals surface area contributed by atoms with Gasteiger partial charge in [0.15, 0.2) is 5.58 Å². The summed E-state index contributed by atoms with van der Waals surface area (Å²) >= 11 is 0. The summed E-state index contributed by atoms with van der Waals surface area (Å²) in [6, 6.07) is 5.00. The number of carbonyl (C=O) groups is 1. The van der Waals surface area contributed by atoms with Gasteiger partial charge in [-0.3, -0.25) is 4.79 Å². The lowest BCUT2D eigenvalue weighted by atomic mass is 10.1. The molecule has 0 aliphatic carbocycles. The van der Waals surface area contributed by atoms with Crippen LogP contribution in [0.3, 0.4) is 0 Å². The lowest BCUT2D eigenvalue weighted by Gasteiger charge is -2.31. The van der Waals surface area contributed by atoms with Crippen LogP contribution in [0.5, 0.6) is 0 Å². The van der Waals surface area contributed by atoms with Gasteiger partial charge in [0.2, 0.25) is 5.76 Å². The van der Waals surface area contributed by atoms with Gasteiger partial charge in [-0.05, 0) is 24.6 Å². The summed E-state index contributed by atoms with van der Waals surface area (Å²) in [5.41, 5.74) is 1.37. The van der Waals surface area contributed by atoms with Gasteiger partial charge in [-0.15, -0.1) is 0 Å². The summed E-state index contributed by atoms with van der Waals surface area (Å²) in [6.07, 6.45) is 3.97. The van der Waals surface area contributed by atoms with Crippen LogP contribution in [0.25, 0.3) is 11.1 Å². The molecule has 4 rings (SSSR count). The highest BCUT2D eigenvalue weighted by Crippen LogP contribution is 2.31. The SMILES string of the molecule is O=C(Nc1ccc2oc(N3CCCC(F)(F)C3)nc2c1)C1=COC=CO1. The maximum atomic E-state index is 13.6. The molecular formula is C17H15F2N3O4. The van der Waals surface area contributed by atoms with Crippen LogP contribution >= 0.6 is 0 Å². The number of amides is 1. The van der Waals surface area contributed by atoms with E-state index in [9.17, 15) is 13.6 Å². The molecule has 136 valence electrons. The molecule has 0 bridgehead atoms. The molecule has 1 amide bonds. The molecule has 3 heterocycles. The van der Waals surface area contributed by atoms with Gasteiger partial charge < -0.3 is 24.1 Å². The highest BCUT2D eigenvalue weighted by molar-refractivity contribution is 6.03. The quantitative estimate of drug-likeness (QED) is 0.901. The van der Waals surface area contributed by atoms with Crippen molar-refractivity contribution in [3.05, 3.63) is 42.7 Å². The topological polar surface area (TPSA) is 76.8 Å². The number of halogens is 2. The molecule has 0 unspecified atom stereocenters. The smallest absolute Gasteiger partial charge is 0.298 e. The average Bonchev–Trinajstić information content (AvgIpc) is 3.05. The van der Waals surface area contributed by atoms with Gasteiger partial charge in [-0.25, -0.2) is 8.78 Å². The number of oxazole rings is 1. The van der Waals surface area contributed by atoms with Crippen LogP contribution in [0.15, 0.2) is 47.2 Å². The maximum Gasteiger partial charge on any atom is 0.298 e. The Hall–Kier alpha value is -3.10. The molecule has 0 spiro atoms. The summed E-state index contributed by atoms with van der Waals surface area (Å²) in [5.74, 6) is -3.24. The maximum absolute atomic E-state index is 13.6. The molecular weight excluding hydrogens is 348 g/mol. The van der Waals surface area contributed by atoms with Crippen molar-refractivity contribution in [1.29, 1.82) is 0 Å². The van der Waals surface area contributed by atoms with E-state index in [1.54, 1.807) is 18.2 Å². The zero-order valence-electron chi connectivity index (χ0n) is 13.6. The van der Waals surface area contributed by atoms with Crippen LogP contribution in [-0.4, -0.2) is 29.9 Å². The number of nitrogens with one attached hydrogen (secondary N) is 1. The molecule has 7 nitrogen and oxygen atoms in total. The zero-order chi connectivity index (χ0) is 18.1. The molecule has 1 saturated heterocycles. The standard InChI is InChI=1S/C17H15F2N3O4/c18-17(19)4-1-5-22(10-17)16-21-12-8-11(2-3-13(12)26-16)20-15(23)14-9-24-6-7-25-14/h2-3,6-9H,1,4-5,10H2,(H,20,23). The first-order valence-electron chi connectivity index (χ1n) is 8.02. The Kier molecular flexibility index (Phi) is 3.98. The number of ether oxygens (including phenoxy) is 2. The van der Waals surface area contributed by atoms with Gasteiger partial charge in [-0.1, -0.05) is 0 Å². The van der Waals surface area contributed by atoms with Crippen molar-refractivity contribution in [3.63, 3.8) is 0 Å². The zero-order valence-corrected chi connectivity index (χ0v) is 13.6. The Balaban J connectivity index is 1.52. The van der Waals surface area contributed by atoms with Crippen LogP contribution in [0, 0.1) is 0 Å². The average molecular weight is 363 g/mol. The van der Waals surface area contributed by atoms with Gasteiger partial charge in [0.25, 0.3) is 17.8 Å². The first-order chi connectivity index (χ1) is 12.5. The Morgan fingerprint density at radius 2 is 2.19 bits per heavy atom. The van der Waals surface area contributed by atoms with Gasteiger partial charge in [-0.2, -0.15) is 4.98 Å². The number of rotatable bonds is 3. The van der Waals surface area contributed by atoms with Gasteiger partial charge >= 0.3 is 0 Å². The molecule has 26 heavy (non-hydrogen) atoms.